The molecule has 3 amide bonds. The van der Waals surface area contributed by atoms with Gasteiger partial charge in [0.25, 0.3) is 5.91 Å². The molecule has 10 nitrogen and oxygen atoms in total. The average molecular weight is 475 g/mol. The standard InChI is InChI=1S/C24H34N4O6/c1-3-4-5-7-18(15-28(32)16-29)23(30)26-25-19-10-12-27(13-11-19)24(31)21-14-17-8-6-9-20(33-2)22(17)34-21/h6,8-9,14,16,18-19,25,32H,3-5,7,10-13,15H2,1-2H3,(H,26,30)/t18-/m0/s1. The van der Waals surface area contributed by atoms with Gasteiger partial charge in [-0.2, -0.15) is 0 Å². The molecule has 1 aliphatic rings. The maximum absolute atomic E-state index is 12.9. The van der Waals surface area contributed by atoms with Crippen molar-refractivity contribution in [1.29, 1.82) is 0 Å². The number of likely N-dealkylation sites (tertiary alicyclic amines) is 1. The lowest BCUT2D eigenvalue weighted by molar-refractivity contribution is -0.154. The van der Waals surface area contributed by atoms with E-state index in [1.54, 1.807) is 24.1 Å². The minimum atomic E-state index is -0.499. The van der Waals surface area contributed by atoms with Crippen molar-refractivity contribution < 1.29 is 28.7 Å². The molecule has 2 aromatic rings. The van der Waals surface area contributed by atoms with E-state index in [0.717, 1.165) is 24.6 Å². The van der Waals surface area contributed by atoms with Crippen molar-refractivity contribution in [3.63, 3.8) is 0 Å². The summed E-state index contributed by atoms with van der Waals surface area (Å²) in [7, 11) is 1.56. The Bertz CT molecular complexity index is 970. The van der Waals surface area contributed by atoms with Crippen LogP contribution in [0.25, 0.3) is 11.0 Å². The highest BCUT2D eigenvalue weighted by atomic mass is 16.5. The molecule has 0 bridgehead atoms. The largest absolute Gasteiger partial charge is 0.493 e. The smallest absolute Gasteiger partial charge is 0.289 e. The van der Waals surface area contributed by atoms with E-state index in [-0.39, 0.29) is 30.2 Å². The van der Waals surface area contributed by atoms with Crippen LogP contribution in [0.3, 0.4) is 0 Å². The molecule has 1 fully saturated rings. The number of hydroxylamine groups is 2. The number of carbonyl (C=O) groups is 3. The van der Waals surface area contributed by atoms with Gasteiger partial charge in [-0.1, -0.05) is 38.3 Å². The number of ether oxygens (including phenoxy) is 1. The Labute approximate surface area is 199 Å². The second-order valence-electron chi connectivity index (χ2n) is 8.61. The summed E-state index contributed by atoms with van der Waals surface area (Å²) < 4.78 is 11.1. The van der Waals surface area contributed by atoms with Crippen LogP contribution in [0.1, 0.15) is 56.0 Å². The number of fused-ring (bicyclic) bond motifs is 1. The number of para-hydroxylation sites is 1. The summed E-state index contributed by atoms with van der Waals surface area (Å²) in [6.45, 7) is 3.07. The number of furan rings is 1. The number of benzene rings is 1. The molecule has 3 N–H and O–H groups in total. The number of hydrazine groups is 1. The van der Waals surface area contributed by atoms with Gasteiger partial charge < -0.3 is 14.1 Å². The highest BCUT2D eigenvalue weighted by molar-refractivity contribution is 5.97. The molecule has 1 aromatic carbocycles. The Balaban J connectivity index is 1.49. The van der Waals surface area contributed by atoms with Crippen LogP contribution in [0.4, 0.5) is 0 Å². The van der Waals surface area contributed by atoms with Gasteiger partial charge in [0, 0.05) is 24.5 Å². The Hall–Kier alpha value is -3.11. The van der Waals surface area contributed by atoms with E-state index in [0.29, 0.717) is 55.2 Å². The van der Waals surface area contributed by atoms with E-state index < -0.39 is 5.92 Å². The highest BCUT2D eigenvalue weighted by Gasteiger charge is 2.27. The number of piperidine rings is 1. The lowest BCUT2D eigenvalue weighted by atomic mass is 10.0. The van der Waals surface area contributed by atoms with Crippen molar-refractivity contribution in [2.45, 2.75) is 51.5 Å². The molecule has 0 aliphatic carbocycles. The van der Waals surface area contributed by atoms with Gasteiger partial charge in [-0.3, -0.25) is 25.0 Å². The van der Waals surface area contributed by atoms with Crippen molar-refractivity contribution in [1.82, 2.24) is 20.8 Å². The third-order valence-corrected chi connectivity index (χ3v) is 6.18. The summed E-state index contributed by atoms with van der Waals surface area (Å²) >= 11 is 0. The summed E-state index contributed by atoms with van der Waals surface area (Å²) in [5.41, 5.74) is 6.34. The number of amides is 3. The molecule has 0 saturated carbocycles. The lowest BCUT2D eigenvalue weighted by Gasteiger charge is -2.32. The first-order chi connectivity index (χ1) is 16.5. The Morgan fingerprint density at radius 3 is 2.76 bits per heavy atom. The van der Waals surface area contributed by atoms with Crippen LogP contribution in [-0.2, 0) is 9.59 Å². The quantitative estimate of drug-likeness (QED) is 0.187. The van der Waals surface area contributed by atoms with Crippen LogP contribution in [0.15, 0.2) is 28.7 Å². The maximum Gasteiger partial charge on any atom is 0.289 e. The molecule has 2 heterocycles. The van der Waals surface area contributed by atoms with Crippen molar-refractivity contribution in [2.75, 3.05) is 26.7 Å². The average Bonchev–Trinajstić information content (AvgIpc) is 3.31. The minimum absolute atomic E-state index is 0.0105. The summed E-state index contributed by atoms with van der Waals surface area (Å²) in [6.07, 6.45) is 5.05. The monoisotopic (exact) mass is 474 g/mol. The molecule has 0 unspecified atom stereocenters. The van der Waals surface area contributed by atoms with Crippen molar-refractivity contribution >= 4 is 29.2 Å². The van der Waals surface area contributed by atoms with Gasteiger partial charge in [-0.25, -0.2) is 10.5 Å². The van der Waals surface area contributed by atoms with Crippen LogP contribution in [0.2, 0.25) is 0 Å². The molecule has 1 atom stereocenters. The fourth-order valence-electron chi connectivity index (χ4n) is 4.18. The zero-order chi connectivity index (χ0) is 24.5. The molecular formula is C24H34N4O6. The first-order valence-electron chi connectivity index (χ1n) is 11.8. The van der Waals surface area contributed by atoms with Crippen LogP contribution >= 0.6 is 0 Å². The van der Waals surface area contributed by atoms with Crippen molar-refractivity contribution in [2.24, 2.45) is 5.92 Å². The van der Waals surface area contributed by atoms with E-state index in [2.05, 4.69) is 17.8 Å². The van der Waals surface area contributed by atoms with Crippen molar-refractivity contribution in [3.05, 3.63) is 30.0 Å². The fraction of sp³-hybridized carbons (Fsp3) is 0.542. The number of hydrogen-bond donors (Lipinski definition) is 3. The molecule has 10 heteroatoms. The van der Waals surface area contributed by atoms with Crippen LogP contribution in [0.5, 0.6) is 5.75 Å². The number of carbonyl (C=O) groups excluding carboxylic acids is 3. The van der Waals surface area contributed by atoms with Gasteiger partial charge in [0.05, 0.1) is 19.6 Å². The van der Waals surface area contributed by atoms with Gasteiger partial charge in [-0.15, -0.1) is 0 Å². The predicted molar refractivity (Wildman–Crippen MR) is 125 cm³/mol. The fourth-order valence-corrected chi connectivity index (χ4v) is 4.18. The molecule has 1 saturated heterocycles. The third-order valence-electron chi connectivity index (χ3n) is 6.18. The number of nitrogens with one attached hydrogen (secondary N) is 2. The first-order valence-corrected chi connectivity index (χ1v) is 11.8. The predicted octanol–water partition coefficient (Wildman–Crippen LogP) is 2.71. The number of rotatable bonds is 12. The van der Waals surface area contributed by atoms with Gasteiger partial charge in [0.1, 0.15) is 0 Å². The second-order valence-corrected chi connectivity index (χ2v) is 8.61. The van der Waals surface area contributed by atoms with E-state index >= 15 is 0 Å². The SMILES string of the molecule is CCCCC[C@@H](CN(O)C=O)C(=O)NNC1CCN(C(=O)c2cc3cccc(OC)c3o2)CC1. The minimum Gasteiger partial charge on any atom is -0.493 e. The molecule has 0 spiro atoms. The number of hydrogen-bond acceptors (Lipinski definition) is 7. The van der Waals surface area contributed by atoms with Gasteiger partial charge in [-0.05, 0) is 31.4 Å². The molecule has 1 aromatic heterocycles. The maximum atomic E-state index is 12.9. The van der Waals surface area contributed by atoms with E-state index in [9.17, 15) is 19.6 Å². The van der Waals surface area contributed by atoms with E-state index in [4.69, 9.17) is 9.15 Å². The van der Waals surface area contributed by atoms with Crippen LogP contribution < -0.4 is 15.6 Å². The lowest BCUT2D eigenvalue weighted by Crippen LogP contribution is -2.52. The molecular weight excluding hydrogens is 440 g/mol. The summed E-state index contributed by atoms with van der Waals surface area (Å²) in [5.74, 6) is -0.0696. The third kappa shape index (κ3) is 6.48. The second kappa shape index (κ2) is 12.4. The number of unbranched alkanes of at least 4 members (excludes halogenated alkanes) is 2. The topological polar surface area (TPSA) is 124 Å². The van der Waals surface area contributed by atoms with Crippen LogP contribution in [-0.4, -0.2) is 66.2 Å². The number of methoxy groups -OCH3 is 1. The molecule has 0 radical (unpaired) electrons. The molecule has 3 rings (SSSR count). The van der Waals surface area contributed by atoms with Crippen LogP contribution in [0, 0.1) is 5.92 Å². The zero-order valence-corrected chi connectivity index (χ0v) is 19.8. The molecule has 1 aliphatic heterocycles. The normalized spacial score (nSPS) is 15.2. The molecule has 186 valence electrons. The highest BCUT2D eigenvalue weighted by Crippen LogP contribution is 2.29. The molecule has 34 heavy (non-hydrogen) atoms. The number of nitrogens with zero attached hydrogens (tertiary/aromatic N) is 2. The van der Waals surface area contributed by atoms with E-state index in [1.807, 2.05) is 12.1 Å². The van der Waals surface area contributed by atoms with Gasteiger partial charge >= 0.3 is 0 Å². The van der Waals surface area contributed by atoms with E-state index in [1.165, 1.54) is 0 Å². The Morgan fingerprint density at radius 2 is 2.09 bits per heavy atom. The Kier molecular flexibility index (Phi) is 9.29. The summed E-state index contributed by atoms with van der Waals surface area (Å²) in [5, 5.41) is 10.8. The van der Waals surface area contributed by atoms with Gasteiger partial charge in [0.2, 0.25) is 12.3 Å². The first kappa shape index (κ1) is 25.5. The summed E-state index contributed by atoms with van der Waals surface area (Å²) in [6, 6.07) is 7.25. The summed E-state index contributed by atoms with van der Waals surface area (Å²) in [4.78, 5) is 38.0. The Morgan fingerprint density at radius 1 is 1.32 bits per heavy atom. The zero-order valence-electron chi connectivity index (χ0n) is 19.8. The van der Waals surface area contributed by atoms with Crippen molar-refractivity contribution in [3.8, 4) is 5.75 Å². The van der Waals surface area contributed by atoms with Gasteiger partial charge in [0.15, 0.2) is 17.1 Å².